The summed E-state index contributed by atoms with van der Waals surface area (Å²) in [5, 5.41) is 0. The average Bonchev–Trinajstić information content (AvgIpc) is 2.85. The van der Waals surface area contributed by atoms with E-state index in [0.29, 0.717) is 37.6 Å². The molecule has 2 atom stereocenters. The minimum atomic E-state index is -0.729. The molecule has 0 saturated heterocycles. The van der Waals surface area contributed by atoms with E-state index in [1.54, 1.807) is 0 Å². The molecule has 2 aromatic rings. The molecule has 2 aromatic carbocycles. The first-order valence-corrected chi connectivity index (χ1v) is 12.4. The summed E-state index contributed by atoms with van der Waals surface area (Å²) in [4.78, 5) is 23.6. The molecule has 0 saturated carbocycles. The van der Waals surface area contributed by atoms with Crippen LogP contribution in [0.1, 0.15) is 47.2 Å². The van der Waals surface area contributed by atoms with Gasteiger partial charge in [0.2, 0.25) is 12.6 Å². The van der Waals surface area contributed by atoms with Crippen LogP contribution in [0.15, 0.2) is 37.4 Å². The molecular formula is C29H28O8. The van der Waals surface area contributed by atoms with E-state index in [1.807, 2.05) is 12.1 Å². The fourth-order valence-corrected chi connectivity index (χ4v) is 5.75. The lowest BCUT2D eigenvalue weighted by Gasteiger charge is -2.40. The number of hydrogen-bond donors (Lipinski definition) is 0. The molecule has 0 aliphatic carbocycles. The number of carbonyl (C=O) groups is 2. The van der Waals surface area contributed by atoms with Crippen molar-refractivity contribution in [3.8, 4) is 23.0 Å². The van der Waals surface area contributed by atoms with Gasteiger partial charge in [0.05, 0.1) is 26.1 Å². The van der Waals surface area contributed by atoms with Gasteiger partial charge in [-0.2, -0.15) is 0 Å². The summed E-state index contributed by atoms with van der Waals surface area (Å²) < 4.78 is 35.5. The van der Waals surface area contributed by atoms with Crippen LogP contribution in [0.2, 0.25) is 0 Å². The van der Waals surface area contributed by atoms with Crippen LogP contribution in [0.3, 0.4) is 0 Å². The van der Waals surface area contributed by atoms with E-state index in [9.17, 15) is 9.59 Å². The Bertz CT molecular complexity index is 1250. The van der Waals surface area contributed by atoms with Crippen LogP contribution in [0.25, 0.3) is 0 Å². The number of benzene rings is 2. The van der Waals surface area contributed by atoms with Gasteiger partial charge in [0.15, 0.2) is 0 Å². The van der Waals surface area contributed by atoms with Crippen LogP contribution in [0.5, 0.6) is 23.0 Å². The van der Waals surface area contributed by atoms with Crippen molar-refractivity contribution in [2.24, 2.45) is 0 Å². The van der Waals surface area contributed by atoms with Gasteiger partial charge in [-0.15, -0.1) is 0 Å². The van der Waals surface area contributed by atoms with Gasteiger partial charge >= 0.3 is 11.9 Å². The van der Waals surface area contributed by atoms with Gasteiger partial charge in [-0.3, -0.25) is 0 Å². The summed E-state index contributed by atoms with van der Waals surface area (Å²) >= 11 is 0. The standard InChI is InChI=1S/C29H28O8/c1-5-23(30)36-25-11-17-15-7-9-32-27(17)19(13-21(15)34-25)29(3,4)20-14-22-16-8-10-33-28(20)18(16)12-26(35-22)37-24(31)6-2/h5-6,13-14,25-26H,1-2,7-12H2,3-4H3. The molecule has 4 aliphatic heterocycles. The summed E-state index contributed by atoms with van der Waals surface area (Å²) in [7, 11) is 0. The lowest BCUT2D eigenvalue weighted by Crippen LogP contribution is -2.36. The lowest BCUT2D eigenvalue weighted by atomic mass is 9.73. The molecule has 2 unspecified atom stereocenters. The third-order valence-electron chi connectivity index (χ3n) is 7.54. The maximum atomic E-state index is 11.8. The predicted octanol–water partition coefficient (Wildman–Crippen LogP) is 3.86. The van der Waals surface area contributed by atoms with Gasteiger partial charge in [0.1, 0.15) is 23.0 Å². The SMILES string of the molecule is C=CC(=O)OC1Cc2c3c(cc(C(C)(C)c4cc5c6c(c4OCC6)CC(OC(=O)C=C)O5)c2OCC3)O1. The van der Waals surface area contributed by atoms with Crippen molar-refractivity contribution >= 4 is 11.9 Å². The van der Waals surface area contributed by atoms with E-state index in [4.69, 9.17) is 28.4 Å². The normalized spacial score (nSPS) is 20.3. The van der Waals surface area contributed by atoms with Crippen molar-refractivity contribution in [2.45, 2.75) is 57.5 Å². The first-order chi connectivity index (χ1) is 17.8. The van der Waals surface area contributed by atoms with E-state index in [0.717, 1.165) is 69.9 Å². The van der Waals surface area contributed by atoms with Crippen LogP contribution in [0, 0.1) is 0 Å². The smallest absolute Gasteiger partial charge is 0.333 e. The third kappa shape index (κ3) is 3.74. The van der Waals surface area contributed by atoms with Crippen LogP contribution in [-0.2, 0) is 50.2 Å². The first-order valence-electron chi connectivity index (χ1n) is 12.4. The Morgan fingerprint density at radius 3 is 1.65 bits per heavy atom. The van der Waals surface area contributed by atoms with Crippen LogP contribution in [0.4, 0.5) is 0 Å². The van der Waals surface area contributed by atoms with E-state index in [-0.39, 0.29) is 0 Å². The van der Waals surface area contributed by atoms with Crippen molar-refractivity contribution in [1.82, 2.24) is 0 Å². The number of esters is 2. The molecule has 8 bridgehead atoms. The largest absolute Gasteiger partial charge is 0.493 e. The summed E-state index contributed by atoms with van der Waals surface area (Å²) in [6.45, 7) is 12.3. The second kappa shape index (κ2) is 8.57. The van der Waals surface area contributed by atoms with Crippen molar-refractivity contribution in [1.29, 1.82) is 0 Å². The molecule has 0 amide bonds. The maximum Gasteiger partial charge on any atom is 0.333 e. The summed E-state index contributed by atoms with van der Waals surface area (Å²) in [6.07, 6.45) is 3.07. The molecule has 6 rings (SSSR count). The molecule has 0 fully saturated rings. The van der Waals surface area contributed by atoms with E-state index in [1.165, 1.54) is 0 Å². The van der Waals surface area contributed by atoms with Gasteiger partial charge in [0, 0.05) is 63.8 Å². The number of hydrogen-bond acceptors (Lipinski definition) is 8. The highest BCUT2D eigenvalue weighted by Crippen LogP contribution is 2.53. The number of carbonyl (C=O) groups excluding carboxylic acids is 2. The van der Waals surface area contributed by atoms with Crippen molar-refractivity contribution in [3.05, 3.63) is 70.8 Å². The van der Waals surface area contributed by atoms with E-state index < -0.39 is 29.9 Å². The van der Waals surface area contributed by atoms with Crippen LogP contribution < -0.4 is 18.9 Å². The van der Waals surface area contributed by atoms with Gasteiger partial charge in [-0.1, -0.05) is 27.0 Å². The highest BCUT2D eigenvalue weighted by molar-refractivity contribution is 5.81. The van der Waals surface area contributed by atoms with Gasteiger partial charge in [-0.25, -0.2) is 9.59 Å². The molecule has 0 radical (unpaired) electrons. The monoisotopic (exact) mass is 504 g/mol. The Morgan fingerprint density at radius 2 is 1.24 bits per heavy atom. The summed E-state index contributed by atoms with van der Waals surface area (Å²) in [6, 6.07) is 3.98. The Hall–Kier alpha value is -3.94. The quantitative estimate of drug-likeness (QED) is 0.433. The molecular weight excluding hydrogens is 476 g/mol. The van der Waals surface area contributed by atoms with Crippen molar-refractivity contribution < 1.29 is 38.0 Å². The fraction of sp³-hybridized carbons (Fsp3) is 0.379. The van der Waals surface area contributed by atoms with E-state index in [2.05, 4.69) is 27.0 Å². The highest BCUT2D eigenvalue weighted by Gasteiger charge is 2.42. The maximum absolute atomic E-state index is 11.8. The summed E-state index contributed by atoms with van der Waals surface area (Å²) in [5.74, 6) is 1.93. The molecule has 8 heteroatoms. The summed E-state index contributed by atoms with van der Waals surface area (Å²) in [5.41, 5.74) is 5.57. The first kappa shape index (κ1) is 23.5. The molecule has 0 N–H and O–H groups in total. The zero-order valence-electron chi connectivity index (χ0n) is 20.9. The minimum absolute atomic E-state index is 0.402. The fourth-order valence-electron chi connectivity index (χ4n) is 5.75. The molecule has 0 aromatic heterocycles. The lowest BCUT2D eigenvalue weighted by molar-refractivity contribution is -0.159. The second-order valence-electron chi connectivity index (χ2n) is 10.0. The molecule has 37 heavy (non-hydrogen) atoms. The second-order valence-corrected chi connectivity index (χ2v) is 10.0. The average molecular weight is 505 g/mol. The predicted molar refractivity (Wildman–Crippen MR) is 132 cm³/mol. The Morgan fingerprint density at radius 1 is 0.811 bits per heavy atom. The van der Waals surface area contributed by atoms with Gasteiger partial charge in [0.25, 0.3) is 0 Å². The highest BCUT2D eigenvalue weighted by atomic mass is 16.7. The number of ether oxygens (including phenoxy) is 6. The van der Waals surface area contributed by atoms with Crippen LogP contribution in [-0.4, -0.2) is 37.7 Å². The van der Waals surface area contributed by atoms with Gasteiger partial charge in [-0.05, 0) is 12.1 Å². The zero-order chi connectivity index (χ0) is 25.9. The van der Waals surface area contributed by atoms with Gasteiger partial charge < -0.3 is 28.4 Å². The molecule has 8 nitrogen and oxygen atoms in total. The Balaban J connectivity index is 1.41. The molecule has 4 aliphatic rings. The number of rotatable bonds is 6. The molecule has 4 heterocycles. The zero-order valence-corrected chi connectivity index (χ0v) is 20.9. The van der Waals surface area contributed by atoms with Crippen LogP contribution >= 0.6 is 0 Å². The molecule has 192 valence electrons. The third-order valence-corrected chi connectivity index (χ3v) is 7.54. The molecule has 0 spiro atoms. The Labute approximate surface area is 214 Å². The Kier molecular flexibility index (Phi) is 5.44. The minimum Gasteiger partial charge on any atom is -0.493 e. The topological polar surface area (TPSA) is 89.5 Å². The van der Waals surface area contributed by atoms with Crippen molar-refractivity contribution in [3.63, 3.8) is 0 Å². The van der Waals surface area contributed by atoms with Crippen molar-refractivity contribution in [2.75, 3.05) is 13.2 Å². The van der Waals surface area contributed by atoms with E-state index >= 15 is 0 Å².